The van der Waals surface area contributed by atoms with Gasteiger partial charge >= 0.3 is 0 Å². The third-order valence-electron chi connectivity index (χ3n) is 3.34. The Morgan fingerprint density at radius 1 is 1.19 bits per heavy atom. The van der Waals surface area contributed by atoms with E-state index in [0.717, 1.165) is 16.8 Å². The maximum Gasteiger partial charge on any atom is 0.286 e. The van der Waals surface area contributed by atoms with Crippen LogP contribution in [-0.4, -0.2) is 26.4 Å². The fourth-order valence-electron chi connectivity index (χ4n) is 2.11. The largest absolute Gasteiger partial charge is 0.286 e. The minimum atomic E-state index is -0.512. The van der Waals surface area contributed by atoms with E-state index in [0.29, 0.717) is 16.0 Å². The number of nitro benzene ring substituents is 1. The number of thiocarbonyl (C=S) groups is 1. The molecule has 0 spiro atoms. The molecule has 1 aliphatic rings. The topological polar surface area (TPSA) is 75.8 Å². The van der Waals surface area contributed by atoms with Crippen LogP contribution >= 0.6 is 24.0 Å². The summed E-state index contributed by atoms with van der Waals surface area (Å²) < 4.78 is 13.2. The molecule has 0 aromatic heterocycles. The molecule has 1 amide bonds. The molecule has 1 aliphatic heterocycles. The highest BCUT2D eigenvalue weighted by Gasteiger charge is 2.32. The number of amides is 1. The molecular formula is C17H10FN3O3S2. The van der Waals surface area contributed by atoms with Crippen molar-refractivity contribution in [3.05, 3.63) is 80.5 Å². The molecule has 3 rings (SSSR count). The molecule has 0 bridgehead atoms. The summed E-state index contributed by atoms with van der Waals surface area (Å²) in [7, 11) is 0. The molecule has 0 aliphatic carbocycles. The van der Waals surface area contributed by atoms with Crippen molar-refractivity contribution in [2.24, 2.45) is 5.10 Å². The van der Waals surface area contributed by atoms with Crippen LogP contribution in [0.25, 0.3) is 6.08 Å². The molecule has 0 saturated carbocycles. The fourth-order valence-corrected chi connectivity index (χ4v) is 3.29. The van der Waals surface area contributed by atoms with Crippen molar-refractivity contribution >= 4 is 52.2 Å². The Morgan fingerprint density at radius 3 is 2.62 bits per heavy atom. The summed E-state index contributed by atoms with van der Waals surface area (Å²) in [5, 5.41) is 15.9. The SMILES string of the molecule is O=C1/C(=C\c2ccc(F)cc2)SC(=S)N1/N=C/c1cccc([N+](=O)[O-])c1. The Bertz CT molecular complexity index is 958. The van der Waals surface area contributed by atoms with Crippen LogP contribution in [0, 0.1) is 15.9 Å². The third kappa shape index (κ3) is 4.01. The van der Waals surface area contributed by atoms with Crippen molar-refractivity contribution in [2.75, 3.05) is 0 Å². The van der Waals surface area contributed by atoms with Crippen LogP contribution in [0.1, 0.15) is 11.1 Å². The molecule has 130 valence electrons. The van der Waals surface area contributed by atoms with Gasteiger partial charge in [-0.15, -0.1) is 0 Å². The predicted octanol–water partition coefficient (Wildman–Crippen LogP) is 3.97. The first-order chi connectivity index (χ1) is 12.4. The monoisotopic (exact) mass is 387 g/mol. The first-order valence-electron chi connectivity index (χ1n) is 7.26. The molecule has 0 radical (unpaired) electrons. The normalized spacial score (nSPS) is 16.0. The lowest BCUT2D eigenvalue weighted by Crippen LogP contribution is -2.22. The van der Waals surface area contributed by atoms with E-state index in [1.54, 1.807) is 24.3 Å². The van der Waals surface area contributed by atoms with Gasteiger partial charge in [0.2, 0.25) is 0 Å². The quantitative estimate of drug-likeness (QED) is 0.261. The van der Waals surface area contributed by atoms with Gasteiger partial charge in [-0.3, -0.25) is 14.9 Å². The van der Waals surface area contributed by atoms with Gasteiger partial charge in [0.25, 0.3) is 11.6 Å². The van der Waals surface area contributed by atoms with Gasteiger partial charge in [-0.1, -0.05) is 36.0 Å². The lowest BCUT2D eigenvalue weighted by molar-refractivity contribution is -0.384. The average Bonchev–Trinajstić information content (AvgIpc) is 2.89. The highest BCUT2D eigenvalue weighted by atomic mass is 32.2. The van der Waals surface area contributed by atoms with Crippen LogP contribution in [0.3, 0.4) is 0 Å². The summed E-state index contributed by atoms with van der Waals surface area (Å²) in [5.41, 5.74) is 1.06. The first-order valence-corrected chi connectivity index (χ1v) is 8.48. The Balaban J connectivity index is 1.80. The second-order valence-electron chi connectivity index (χ2n) is 5.14. The van der Waals surface area contributed by atoms with Gasteiger partial charge in [0.1, 0.15) is 5.82 Å². The van der Waals surface area contributed by atoms with Crippen molar-refractivity contribution in [3.63, 3.8) is 0 Å². The number of carbonyl (C=O) groups is 1. The molecule has 2 aromatic carbocycles. The highest BCUT2D eigenvalue weighted by molar-refractivity contribution is 8.26. The fraction of sp³-hybridized carbons (Fsp3) is 0. The van der Waals surface area contributed by atoms with E-state index in [2.05, 4.69) is 5.10 Å². The summed E-state index contributed by atoms with van der Waals surface area (Å²) in [6.07, 6.45) is 2.93. The van der Waals surface area contributed by atoms with E-state index >= 15 is 0 Å². The maximum atomic E-state index is 13.0. The number of hydrogen-bond acceptors (Lipinski definition) is 6. The van der Waals surface area contributed by atoms with Gasteiger partial charge in [0, 0.05) is 17.7 Å². The number of non-ortho nitro benzene ring substituents is 1. The Labute approximate surface area is 157 Å². The minimum absolute atomic E-state index is 0.0736. The zero-order chi connectivity index (χ0) is 18.7. The standard InChI is InChI=1S/C17H10FN3O3S2/c18-13-6-4-11(5-7-13)9-15-16(22)20(17(25)26-15)19-10-12-2-1-3-14(8-12)21(23)24/h1-10H/b15-9+,19-10+. The number of nitro groups is 1. The number of thioether (sulfide) groups is 1. The highest BCUT2D eigenvalue weighted by Crippen LogP contribution is 2.32. The van der Waals surface area contributed by atoms with E-state index in [1.807, 2.05) is 0 Å². The molecule has 1 fully saturated rings. The lowest BCUT2D eigenvalue weighted by Gasteiger charge is -2.06. The molecule has 9 heteroatoms. The average molecular weight is 387 g/mol. The van der Waals surface area contributed by atoms with E-state index < -0.39 is 10.8 Å². The van der Waals surface area contributed by atoms with Crippen LogP contribution in [0.4, 0.5) is 10.1 Å². The lowest BCUT2D eigenvalue weighted by atomic mass is 10.2. The summed E-state index contributed by atoms with van der Waals surface area (Å²) in [5.74, 6) is -0.776. The number of rotatable bonds is 4. The molecule has 1 heterocycles. The minimum Gasteiger partial charge on any atom is -0.266 e. The molecular weight excluding hydrogens is 377 g/mol. The Hall–Kier alpha value is -2.91. The zero-order valence-corrected chi connectivity index (χ0v) is 14.7. The number of hydrogen-bond donors (Lipinski definition) is 0. The van der Waals surface area contributed by atoms with Gasteiger partial charge in [0.05, 0.1) is 16.0 Å². The number of carbonyl (C=O) groups excluding carboxylic acids is 1. The summed E-state index contributed by atoms with van der Waals surface area (Å²) in [6, 6.07) is 11.6. The Kier molecular flexibility index (Phi) is 5.19. The number of benzene rings is 2. The molecule has 0 atom stereocenters. The number of nitrogens with zero attached hydrogens (tertiary/aromatic N) is 3. The van der Waals surface area contributed by atoms with Crippen LogP contribution in [-0.2, 0) is 4.79 Å². The van der Waals surface area contributed by atoms with Gasteiger partial charge in [-0.05, 0) is 36.0 Å². The van der Waals surface area contributed by atoms with Crippen LogP contribution in [0.5, 0.6) is 0 Å². The van der Waals surface area contributed by atoms with E-state index in [1.165, 1.54) is 36.5 Å². The van der Waals surface area contributed by atoms with Crippen molar-refractivity contribution in [3.8, 4) is 0 Å². The van der Waals surface area contributed by atoms with E-state index in [4.69, 9.17) is 12.2 Å². The van der Waals surface area contributed by atoms with Crippen LogP contribution in [0.2, 0.25) is 0 Å². The van der Waals surface area contributed by atoms with Crippen LogP contribution < -0.4 is 0 Å². The van der Waals surface area contributed by atoms with Gasteiger partial charge in [0.15, 0.2) is 4.32 Å². The first kappa shape index (κ1) is 17.9. The smallest absolute Gasteiger partial charge is 0.266 e. The second-order valence-corrected chi connectivity index (χ2v) is 6.82. The molecule has 2 aromatic rings. The van der Waals surface area contributed by atoms with Gasteiger partial charge in [-0.2, -0.15) is 10.1 Å². The maximum absolute atomic E-state index is 13.0. The molecule has 26 heavy (non-hydrogen) atoms. The van der Waals surface area contributed by atoms with E-state index in [9.17, 15) is 19.3 Å². The summed E-state index contributed by atoms with van der Waals surface area (Å²) >= 11 is 6.24. The molecule has 1 saturated heterocycles. The molecule has 6 nitrogen and oxygen atoms in total. The van der Waals surface area contributed by atoms with Gasteiger partial charge < -0.3 is 0 Å². The Morgan fingerprint density at radius 2 is 1.92 bits per heavy atom. The molecule has 0 unspecified atom stereocenters. The van der Waals surface area contributed by atoms with E-state index in [-0.39, 0.29) is 15.8 Å². The van der Waals surface area contributed by atoms with Crippen molar-refractivity contribution in [1.29, 1.82) is 0 Å². The number of halogens is 1. The predicted molar refractivity (Wildman–Crippen MR) is 102 cm³/mol. The summed E-state index contributed by atoms with van der Waals surface area (Å²) in [4.78, 5) is 23.1. The van der Waals surface area contributed by atoms with Gasteiger partial charge in [-0.25, -0.2) is 4.39 Å². The zero-order valence-electron chi connectivity index (χ0n) is 13.0. The number of hydrazone groups is 1. The van der Waals surface area contributed by atoms with Crippen molar-refractivity contribution < 1.29 is 14.1 Å². The second kappa shape index (κ2) is 7.54. The third-order valence-corrected chi connectivity index (χ3v) is 4.63. The van der Waals surface area contributed by atoms with Crippen molar-refractivity contribution in [2.45, 2.75) is 0 Å². The summed E-state index contributed by atoms with van der Waals surface area (Å²) in [6.45, 7) is 0. The van der Waals surface area contributed by atoms with Crippen molar-refractivity contribution in [1.82, 2.24) is 5.01 Å². The van der Waals surface area contributed by atoms with Crippen LogP contribution in [0.15, 0.2) is 58.5 Å². The molecule has 0 N–H and O–H groups in total.